The number of nitrogens with one attached hydrogen (secondary N) is 2. The Morgan fingerprint density at radius 3 is 2.71 bits per heavy atom. The van der Waals surface area contributed by atoms with Crippen LogP contribution in [0.15, 0.2) is 29.2 Å². The molecule has 0 aromatic heterocycles. The summed E-state index contributed by atoms with van der Waals surface area (Å²) in [5, 5.41) is 3.35. The van der Waals surface area contributed by atoms with E-state index in [-0.39, 0.29) is 0 Å². The molecule has 0 spiro atoms. The van der Waals surface area contributed by atoms with Crippen LogP contribution in [0.25, 0.3) is 0 Å². The molecule has 0 saturated heterocycles. The zero-order valence-electron chi connectivity index (χ0n) is 12.9. The van der Waals surface area contributed by atoms with Crippen molar-refractivity contribution in [3.63, 3.8) is 0 Å². The molecule has 0 aliphatic heterocycles. The van der Waals surface area contributed by atoms with Crippen molar-refractivity contribution >= 4 is 15.7 Å². The highest BCUT2D eigenvalue weighted by Crippen LogP contribution is 2.29. The molecule has 4 nitrogen and oxygen atoms in total. The van der Waals surface area contributed by atoms with Crippen LogP contribution in [-0.4, -0.2) is 21.5 Å². The molecule has 1 aromatic carbocycles. The Morgan fingerprint density at radius 1 is 1.24 bits per heavy atom. The van der Waals surface area contributed by atoms with Gasteiger partial charge >= 0.3 is 0 Å². The van der Waals surface area contributed by atoms with Crippen molar-refractivity contribution < 1.29 is 8.42 Å². The van der Waals surface area contributed by atoms with Gasteiger partial charge in [0.2, 0.25) is 10.0 Å². The van der Waals surface area contributed by atoms with E-state index in [2.05, 4.69) is 17.0 Å². The van der Waals surface area contributed by atoms with Crippen molar-refractivity contribution in [3.8, 4) is 0 Å². The monoisotopic (exact) mass is 310 g/mol. The van der Waals surface area contributed by atoms with Gasteiger partial charge in [0.25, 0.3) is 0 Å². The predicted molar refractivity (Wildman–Crippen MR) is 86.9 cm³/mol. The molecule has 118 valence electrons. The fraction of sp³-hybridized carbons (Fsp3) is 0.625. The Morgan fingerprint density at radius 2 is 2.00 bits per heavy atom. The molecule has 1 aliphatic carbocycles. The molecule has 1 saturated carbocycles. The van der Waals surface area contributed by atoms with Crippen LogP contribution in [0.3, 0.4) is 0 Å². The Hall–Kier alpha value is -1.07. The summed E-state index contributed by atoms with van der Waals surface area (Å²) in [5.41, 5.74) is 0.705. The van der Waals surface area contributed by atoms with Crippen molar-refractivity contribution in [2.24, 2.45) is 11.8 Å². The van der Waals surface area contributed by atoms with Gasteiger partial charge in [-0.15, -0.1) is 0 Å². The fourth-order valence-electron chi connectivity index (χ4n) is 3.11. The lowest BCUT2D eigenvalue weighted by Crippen LogP contribution is -2.25. The summed E-state index contributed by atoms with van der Waals surface area (Å²) in [4.78, 5) is 0.343. The number of hydrogen-bond donors (Lipinski definition) is 2. The van der Waals surface area contributed by atoms with Crippen molar-refractivity contribution in [1.82, 2.24) is 4.72 Å². The second-order valence-electron chi connectivity index (χ2n) is 6.02. The zero-order valence-corrected chi connectivity index (χ0v) is 13.7. The highest BCUT2D eigenvalue weighted by molar-refractivity contribution is 7.89. The maximum absolute atomic E-state index is 12.2. The Kier molecular flexibility index (Phi) is 5.65. The molecule has 1 aromatic rings. The normalized spacial score (nSPS) is 23.0. The van der Waals surface area contributed by atoms with Crippen LogP contribution < -0.4 is 10.0 Å². The summed E-state index contributed by atoms with van der Waals surface area (Å²) in [6.07, 6.45) is 5.07. The van der Waals surface area contributed by atoms with Crippen molar-refractivity contribution in [1.29, 1.82) is 0 Å². The lowest BCUT2D eigenvalue weighted by atomic mass is 9.82. The van der Waals surface area contributed by atoms with E-state index in [1.54, 1.807) is 19.1 Å². The van der Waals surface area contributed by atoms with Crippen LogP contribution >= 0.6 is 0 Å². The van der Waals surface area contributed by atoms with Crippen LogP contribution in [0, 0.1) is 11.8 Å². The van der Waals surface area contributed by atoms with E-state index in [1.165, 1.54) is 25.7 Å². The number of rotatable bonds is 6. The van der Waals surface area contributed by atoms with Gasteiger partial charge < -0.3 is 5.32 Å². The van der Waals surface area contributed by atoms with Gasteiger partial charge in [-0.25, -0.2) is 13.1 Å². The maximum atomic E-state index is 12.2. The predicted octanol–water partition coefficient (Wildman–Crippen LogP) is 3.22. The Labute approximate surface area is 128 Å². The Balaban J connectivity index is 2.06. The van der Waals surface area contributed by atoms with Crippen molar-refractivity contribution in [3.05, 3.63) is 24.3 Å². The first kappa shape index (κ1) is 16.3. The van der Waals surface area contributed by atoms with Gasteiger partial charge in [-0.2, -0.15) is 0 Å². The van der Waals surface area contributed by atoms with E-state index in [0.29, 0.717) is 23.0 Å². The highest BCUT2D eigenvalue weighted by Gasteiger charge is 2.21. The van der Waals surface area contributed by atoms with Crippen LogP contribution in [0.1, 0.15) is 39.5 Å². The number of sulfonamides is 1. The van der Waals surface area contributed by atoms with Crippen molar-refractivity contribution in [2.75, 3.05) is 18.4 Å². The van der Waals surface area contributed by atoms with Gasteiger partial charge in [-0.05, 0) is 36.8 Å². The van der Waals surface area contributed by atoms with Crippen LogP contribution in [0.5, 0.6) is 0 Å². The molecule has 2 N–H and O–H groups in total. The second-order valence-corrected chi connectivity index (χ2v) is 7.75. The molecular formula is C16H26N2O2S. The Bertz CT molecular complexity index is 557. The van der Waals surface area contributed by atoms with Crippen molar-refractivity contribution in [2.45, 2.75) is 44.4 Å². The van der Waals surface area contributed by atoms with E-state index < -0.39 is 10.0 Å². The molecule has 2 unspecified atom stereocenters. The molecular weight excluding hydrogens is 284 g/mol. The van der Waals surface area contributed by atoms with Gasteiger partial charge in [0.05, 0.1) is 5.69 Å². The molecule has 2 atom stereocenters. The summed E-state index contributed by atoms with van der Waals surface area (Å²) < 4.78 is 27.0. The highest BCUT2D eigenvalue weighted by atomic mass is 32.2. The molecule has 1 aliphatic rings. The zero-order chi connectivity index (χ0) is 15.3. The number of benzene rings is 1. The summed E-state index contributed by atoms with van der Waals surface area (Å²) in [6, 6.07) is 7.13. The lowest BCUT2D eigenvalue weighted by Gasteiger charge is -2.27. The van der Waals surface area contributed by atoms with Gasteiger partial charge in [0, 0.05) is 13.1 Å². The minimum Gasteiger partial charge on any atom is -0.384 e. The first-order valence-corrected chi connectivity index (χ1v) is 9.33. The molecule has 21 heavy (non-hydrogen) atoms. The summed E-state index contributed by atoms with van der Waals surface area (Å²) in [7, 11) is -3.42. The van der Waals surface area contributed by atoms with Gasteiger partial charge in [0.1, 0.15) is 4.90 Å². The quantitative estimate of drug-likeness (QED) is 0.848. The van der Waals surface area contributed by atoms with E-state index >= 15 is 0 Å². The maximum Gasteiger partial charge on any atom is 0.242 e. The summed E-state index contributed by atoms with van der Waals surface area (Å²) in [6.45, 7) is 5.34. The third-order valence-electron chi connectivity index (χ3n) is 4.14. The molecule has 1 fully saturated rings. The van der Waals surface area contributed by atoms with Crippen LogP contribution in [0.4, 0.5) is 5.69 Å². The minimum absolute atomic E-state index is 0.343. The van der Waals surface area contributed by atoms with E-state index in [9.17, 15) is 8.42 Å². The standard InChI is InChI=1S/C16H26N2O2S/c1-3-18-21(19,20)16-10-5-4-9-15(16)17-12-14-8-6-7-13(2)11-14/h4-5,9-10,13-14,17-18H,3,6-8,11-12H2,1-2H3. The first-order valence-electron chi connectivity index (χ1n) is 7.85. The van der Waals surface area contributed by atoms with Crippen LogP contribution in [-0.2, 0) is 10.0 Å². The SMILES string of the molecule is CCNS(=O)(=O)c1ccccc1NCC1CCCC(C)C1. The first-order chi connectivity index (χ1) is 10.0. The summed E-state index contributed by atoms with van der Waals surface area (Å²) >= 11 is 0. The van der Waals surface area contributed by atoms with Gasteiger partial charge in [0.15, 0.2) is 0 Å². The number of anilines is 1. The topological polar surface area (TPSA) is 58.2 Å². The average molecular weight is 310 g/mol. The third kappa shape index (κ3) is 4.45. The second kappa shape index (κ2) is 7.27. The molecule has 2 rings (SSSR count). The molecule has 5 heteroatoms. The van der Waals surface area contributed by atoms with E-state index in [0.717, 1.165) is 12.5 Å². The lowest BCUT2D eigenvalue weighted by molar-refractivity contribution is 0.293. The third-order valence-corrected chi connectivity index (χ3v) is 5.74. The molecule has 0 radical (unpaired) electrons. The van der Waals surface area contributed by atoms with Gasteiger partial charge in [-0.3, -0.25) is 0 Å². The minimum atomic E-state index is -3.42. The van der Waals surface area contributed by atoms with E-state index in [4.69, 9.17) is 0 Å². The molecule has 0 amide bonds. The number of hydrogen-bond acceptors (Lipinski definition) is 3. The smallest absolute Gasteiger partial charge is 0.242 e. The average Bonchev–Trinajstić information content (AvgIpc) is 2.45. The fourth-order valence-corrected chi connectivity index (χ4v) is 4.34. The molecule has 0 heterocycles. The van der Waals surface area contributed by atoms with Crippen LogP contribution in [0.2, 0.25) is 0 Å². The molecule has 0 bridgehead atoms. The largest absolute Gasteiger partial charge is 0.384 e. The van der Waals surface area contributed by atoms with E-state index in [1.807, 2.05) is 12.1 Å². The number of para-hydroxylation sites is 1. The van der Waals surface area contributed by atoms with Gasteiger partial charge in [-0.1, -0.05) is 38.8 Å². The summed E-state index contributed by atoms with van der Waals surface area (Å²) in [5.74, 6) is 1.43.